The number of halogens is 1. The predicted octanol–water partition coefficient (Wildman–Crippen LogP) is 2.75. The van der Waals surface area contributed by atoms with Crippen molar-refractivity contribution in [3.05, 3.63) is 34.9 Å². The highest BCUT2D eigenvalue weighted by Crippen LogP contribution is 2.32. The summed E-state index contributed by atoms with van der Waals surface area (Å²) in [6.07, 6.45) is 2.02. The van der Waals surface area contributed by atoms with Crippen LogP contribution in [0.2, 0.25) is 5.02 Å². The molecule has 1 aromatic carbocycles. The molecule has 0 spiro atoms. The summed E-state index contributed by atoms with van der Waals surface area (Å²) in [4.78, 5) is 12.8. The first-order chi connectivity index (χ1) is 10.9. The molecule has 1 amide bonds. The lowest BCUT2D eigenvalue weighted by Gasteiger charge is -2.38. The largest absolute Gasteiger partial charge is 0.384 e. The van der Waals surface area contributed by atoms with Crippen LogP contribution in [0.5, 0.6) is 0 Å². The number of hydrogen-bond acceptors (Lipinski definition) is 3. The van der Waals surface area contributed by atoms with E-state index < -0.39 is 5.41 Å². The lowest BCUT2D eigenvalue weighted by molar-refractivity contribution is -0.126. The van der Waals surface area contributed by atoms with Gasteiger partial charge in [-0.2, -0.15) is 0 Å². The smallest absolute Gasteiger partial charge is 0.230 e. The van der Waals surface area contributed by atoms with E-state index in [4.69, 9.17) is 16.3 Å². The van der Waals surface area contributed by atoms with Gasteiger partial charge in [0.25, 0.3) is 0 Å². The Kier molecular flexibility index (Phi) is 6.06. The predicted molar refractivity (Wildman–Crippen MR) is 93.9 cm³/mol. The molecule has 2 N–H and O–H groups in total. The minimum Gasteiger partial charge on any atom is -0.384 e. The zero-order valence-electron chi connectivity index (χ0n) is 14.2. The second-order valence-electron chi connectivity index (χ2n) is 6.97. The van der Waals surface area contributed by atoms with E-state index in [1.54, 1.807) is 7.11 Å². The van der Waals surface area contributed by atoms with Crippen LogP contribution in [-0.4, -0.2) is 39.3 Å². The van der Waals surface area contributed by atoms with Gasteiger partial charge in [-0.05, 0) is 51.4 Å². The first-order valence-corrected chi connectivity index (χ1v) is 8.52. The Morgan fingerprint density at radius 1 is 1.35 bits per heavy atom. The maximum atomic E-state index is 12.8. The standard InChI is InChI=1S/C18H27ClN2O2/c1-17(2,14-6-4-5-7-15(14)19)16(22)21-12-18(13-23-3)8-10-20-11-9-18/h4-7,20H,8-13H2,1-3H3,(H,21,22). The molecule has 1 aliphatic rings. The van der Waals surface area contributed by atoms with Gasteiger partial charge in [-0.25, -0.2) is 0 Å². The average molecular weight is 339 g/mol. The van der Waals surface area contributed by atoms with Gasteiger partial charge in [0.2, 0.25) is 5.91 Å². The summed E-state index contributed by atoms with van der Waals surface area (Å²) in [7, 11) is 1.72. The van der Waals surface area contributed by atoms with Gasteiger partial charge in [-0.3, -0.25) is 4.79 Å². The summed E-state index contributed by atoms with van der Waals surface area (Å²) in [5.41, 5.74) is 0.205. The van der Waals surface area contributed by atoms with Crippen LogP contribution in [0.15, 0.2) is 24.3 Å². The molecule has 1 fully saturated rings. The third-order valence-electron chi connectivity index (χ3n) is 4.85. The third-order valence-corrected chi connectivity index (χ3v) is 5.18. The van der Waals surface area contributed by atoms with Gasteiger partial charge in [-0.1, -0.05) is 29.8 Å². The van der Waals surface area contributed by atoms with Gasteiger partial charge in [0, 0.05) is 24.1 Å². The van der Waals surface area contributed by atoms with E-state index in [0.717, 1.165) is 31.5 Å². The molecule has 0 bridgehead atoms. The maximum absolute atomic E-state index is 12.8. The van der Waals surface area contributed by atoms with Crippen LogP contribution in [0.25, 0.3) is 0 Å². The van der Waals surface area contributed by atoms with Gasteiger partial charge >= 0.3 is 0 Å². The monoisotopic (exact) mass is 338 g/mol. The summed E-state index contributed by atoms with van der Waals surface area (Å²) in [5, 5.41) is 7.13. The number of carbonyl (C=O) groups is 1. The van der Waals surface area contributed by atoms with Crippen molar-refractivity contribution in [2.45, 2.75) is 32.1 Å². The third kappa shape index (κ3) is 4.25. The molecular formula is C18H27ClN2O2. The molecule has 23 heavy (non-hydrogen) atoms. The van der Waals surface area contributed by atoms with Gasteiger partial charge in [0.05, 0.1) is 12.0 Å². The van der Waals surface area contributed by atoms with E-state index in [0.29, 0.717) is 18.2 Å². The number of piperidine rings is 1. The van der Waals surface area contributed by atoms with Crippen molar-refractivity contribution < 1.29 is 9.53 Å². The van der Waals surface area contributed by atoms with Crippen LogP contribution in [0.1, 0.15) is 32.3 Å². The SMILES string of the molecule is COCC1(CNC(=O)C(C)(C)c2ccccc2Cl)CCNCC1. The highest BCUT2D eigenvalue weighted by molar-refractivity contribution is 6.31. The quantitative estimate of drug-likeness (QED) is 0.838. The summed E-state index contributed by atoms with van der Waals surface area (Å²) >= 11 is 6.27. The van der Waals surface area contributed by atoms with Crippen molar-refractivity contribution in [2.75, 3.05) is 33.4 Å². The Hall–Kier alpha value is -1.10. The molecule has 5 heteroatoms. The van der Waals surface area contributed by atoms with E-state index in [9.17, 15) is 4.79 Å². The first-order valence-electron chi connectivity index (χ1n) is 8.14. The Morgan fingerprint density at radius 3 is 2.61 bits per heavy atom. The Labute approximate surface area is 143 Å². The second kappa shape index (κ2) is 7.65. The van der Waals surface area contributed by atoms with E-state index in [-0.39, 0.29) is 11.3 Å². The lowest BCUT2D eigenvalue weighted by atomic mass is 9.78. The maximum Gasteiger partial charge on any atom is 0.230 e. The molecule has 1 aromatic rings. The normalized spacial score (nSPS) is 17.7. The van der Waals surface area contributed by atoms with Gasteiger partial charge in [0.1, 0.15) is 0 Å². The van der Waals surface area contributed by atoms with Crippen LogP contribution < -0.4 is 10.6 Å². The van der Waals surface area contributed by atoms with Crippen molar-refractivity contribution in [1.82, 2.24) is 10.6 Å². The Morgan fingerprint density at radius 2 is 2.00 bits per heavy atom. The zero-order chi connectivity index (χ0) is 16.9. The molecule has 0 radical (unpaired) electrons. The zero-order valence-corrected chi connectivity index (χ0v) is 15.0. The molecule has 0 saturated carbocycles. The van der Waals surface area contributed by atoms with Gasteiger partial charge in [0.15, 0.2) is 0 Å². The summed E-state index contributed by atoms with van der Waals surface area (Å²) < 4.78 is 5.41. The van der Waals surface area contributed by atoms with Crippen molar-refractivity contribution in [3.8, 4) is 0 Å². The van der Waals surface area contributed by atoms with E-state index in [1.807, 2.05) is 38.1 Å². The van der Waals surface area contributed by atoms with Crippen LogP contribution in [0.3, 0.4) is 0 Å². The number of ether oxygens (including phenoxy) is 1. The molecule has 4 nitrogen and oxygen atoms in total. The number of rotatable bonds is 6. The summed E-state index contributed by atoms with van der Waals surface area (Å²) in [6, 6.07) is 7.53. The fraction of sp³-hybridized carbons (Fsp3) is 0.611. The molecule has 1 saturated heterocycles. The van der Waals surface area contributed by atoms with Crippen LogP contribution in [0.4, 0.5) is 0 Å². The number of carbonyl (C=O) groups excluding carboxylic acids is 1. The highest BCUT2D eigenvalue weighted by Gasteiger charge is 2.36. The highest BCUT2D eigenvalue weighted by atomic mass is 35.5. The number of amides is 1. The van der Waals surface area contributed by atoms with E-state index in [2.05, 4.69) is 10.6 Å². The van der Waals surface area contributed by atoms with Crippen molar-refractivity contribution >= 4 is 17.5 Å². The molecule has 0 aliphatic carbocycles. The molecule has 0 aromatic heterocycles. The Bertz CT molecular complexity index is 534. The van der Waals surface area contributed by atoms with Crippen LogP contribution >= 0.6 is 11.6 Å². The van der Waals surface area contributed by atoms with Gasteiger partial charge < -0.3 is 15.4 Å². The van der Waals surface area contributed by atoms with E-state index in [1.165, 1.54) is 0 Å². The molecule has 2 rings (SSSR count). The van der Waals surface area contributed by atoms with Crippen molar-refractivity contribution in [2.24, 2.45) is 5.41 Å². The molecule has 1 heterocycles. The fourth-order valence-corrected chi connectivity index (χ4v) is 3.59. The number of methoxy groups -OCH3 is 1. The number of benzene rings is 1. The minimum atomic E-state index is -0.667. The fourth-order valence-electron chi connectivity index (χ4n) is 3.21. The number of nitrogens with one attached hydrogen (secondary N) is 2. The van der Waals surface area contributed by atoms with Crippen molar-refractivity contribution in [1.29, 1.82) is 0 Å². The molecule has 128 valence electrons. The minimum absolute atomic E-state index is 0.000360. The first kappa shape index (κ1) is 18.2. The van der Waals surface area contributed by atoms with Crippen molar-refractivity contribution in [3.63, 3.8) is 0 Å². The topological polar surface area (TPSA) is 50.4 Å². The molecular weight excluding hydrogens is 312 g/mol. The van der Waals surface area contributed by atoms with E-state index >= 15 is 0 Å². The van der Waals surface area contributed by atoms with Crippen LogP contribution in [0, 0.1) is 5.41 Å². The number of hydrogen-bond donors (Lipinski definition) is 2. The summed E-state index contributed by atoms with van der Waals surface area (Å²) in [6.45, 7) is 7.06. The van der Waals surface area contributed by atoms with Crippen LogP contribution in [-0.2, 0) is 14.9 Å². The lowest BCUT2D eigenvalue weighted by Crippen LogP contribution is -2.50. The molecule has 1 aliphatic heterocycles. The average Bonchev–Trinajstić information content (AvgIpc) is 2.54. The summed E-state index contributed by atoms with van der Waals surface area (Å²) in [5.74, 6) is -0.000360. The molecule has 0 atom stereocenters. The van der Waals surface area contributed by atoms with Gasteiger partial charge in [-0.15, -0.1) is 0 Å². The Balaban J connectivity index is 2.07. The molecule has 0 unspecified atom stereocenters. The second-order valence-corrected chi connectivity index (χ2v) is 7.38.